The highest BCUT2D eigenvalue weighted by molar-refractivity contribution is 5.42. The van der Waals surface area contributed by atoms with Crippen molar-refractivity contribution in [3.63, 3.8) is 0 Å². The van der Waals surface area contributed by atoms with E-state index >= 15 is 0 Å². The van der Waals surface area contributed by atoms with E-state index in [1.54, 1.807) is 13.2 Å². The fourth-order valence-corrected chi connectivity index (χ4v) is 2.73. The molecular weight excluding hydrogens is 242 g/mol. The Hall–Kier alpha value is -1.26. The lowest BCUT2D eigenvalue weighted by molar-refractivity contribution is 0.109. The highest BCUT2D eigenvalue weighted by atomic mass is 16.5. The van der Waals surface area contributed by atoms with Crippen LogP contribution in [-0.4, -0.2) is 29.5 Å². The van der Waals surface area contributed by atoms with E-state index in [-0.39, 0.29) is 17.9 Å². The normalized spacial score (nSPS) is 25.0. The van der Waals surface area contributed by atoms with Crippen molar-refractivity contribution in [2.24, 2.45) is 0 Å². The van der Waals surface area contributed by atoms with Gasteiger partial charge in [0.05, 0.1) is 13.2 Å². The number of nitrogens with one attached hydrogen (secondary N) is 1. The Kier molecular flexibility index (Phi) is 4.66. The number of aliphatic hydroxyl groups excluding tert-OH is 1. The number of hydrogen-bond donors (Lipinski definition) is 3. The molecule has 1 fully saturated rings. The summed E-state index contributed by atoms with van der Waals surface area (Å²) in [6, 6.07) is 5.94. The van der Waals surface area contributed by atoms with Gasteiger partial charge in [-0.2, -0.15) is 0 Å². The lowest BCUT2D eigenvalue weighted by Crippen LogP contribution is -2.37. The first-order valence-corrected chi connectivity index (χ1v) is 6.91. The first kappa shape index (κ1) is 14.2. The molecular formula is C15H23NO3. The molecule has 0 aromatic heterocycles. The fraction of sp³-hybridized carbons (Fsp3) is 0.600. The van der Waals surface area contributed by atoms with Crippen LogP contribution in [0, 0.1) is 0 Å². The Labute approximate surface area is 114 Å². The molecule has 1 saturated carbocycles. The highest BCUT2D eigenvalue weighted by Crippen LogP contribution is 2.29. The molecule has 0 amide bonds. The van der Waals surface area contributed by atoms with Crippen LogP contribution in [0.4, 0.5) is 0 Å². The standard InChI is InChI=1S/C15H23NO3/c1-10(16-12-4-3-5-13(17)9-12)11-6-7-14(18)15(8-11)19-2/h6-8,10,12-13,16-18H,3-5,9H2,1-2H3. The molecule has 0 heterocycles. The fourth-order valence-electron chi connectivity index (χ4n) is 2.73. The van der Waals surface area contributed by atoms with E-state index in [9.17, 15) is 10.2 Å². The minimum absolute atomic E-state index is 0.159. The van der Waals surface area contributed by atoms with Gasteiger partial charge in [0.25, 0.3) is 0 Å². The van der Waals surface area contributed by atoms with Crippen molar-refractivity contribution < 1.29 is 14.9 Å². The Morgan fingerprint density at radius 2 is 2.16 bits per heavy atom. The molecule has 0 bridgehead atoms. The summed E-state index contributed by atoms with van der Waals surface area (Å²) < 4.78 is 5.13. The number of benzene rings is 1. The second kappa shape index (κ2) is 6.26. The highest BCUT2D eigenvalue weighted by Gasteiger charge is 2.22. The minimum atomic E-state index is -0.173. The van der Waals surface area contributed by atoms with Crippen molar-refractivity contribution in [1.29, 1.82) is 0 Å². The molecule has 0 spiro atoms. The van der Waals surface area contributed by atoms with Crippen LogP contribution >= 0.6 is 0 Å². The molecule has 4 nitrogen and oxygen atoms in total. The SMILES string of the molecule is COc1cc(C(C)NC2CCCC(O)C2)ccc1O. The number of aromatic hydroxyl groups is 1. The molecule has 19 heavy (non-hydrogen) atoms. The number of rotatable bonds is 4. The minimum Gasteiger partial charge on any atom is -0.504 e. The molecule has 1 aromatic rings. The second-order valence-corrected chi connectivity index (χ2v) is 5.34. The summed E-state index contributed by atoms with van der Waals surface area (Å²) >= 11 is 0. The van der Waals surface area contributed by atoms with Crippen LogP contribution in [0.15, 0.2) is 18.2 Å². The Bertz CT molecular complexity index is 422. The predicted molar refractivity (Wildman–Crippen MR) is 74.5 cm³/mol. The largest absolute Gasteiger partial charge is 0.504 e. The van der Waals surface area contributed by atoms with Gasteiger partial charge >= 0.3 is 0 Å². The van der Waals surface area contributed by atoms with Gasteiger partial charge < -0.3 is 20.3 Å². The molecule has 106 valence electrons. The molecule has 3 N–H and O–H groups in total. The summed E-state index contributed by atoms with van der Waals surface area (Å²) in [7, 11) is 1.55. The third kappa shape index (κ3) is 3.61. The molecule has 1 aromatic carbocycles. The summed E-state index contributed by atoms with van der Waals surface area (Å²) in [5, 5.41) is 22.8. The maximum atomic E-state index is 9.69. The topological polar surface area (TPSA) is 61.7 Å². The molecule has 0 aliphatic heterocycles. The van der Waals surface area contributed by atoms with Crippen molar-refractivity contribution in [2.45, 2.75) is 50.8 Å². The molecule has 4 heteroatoms. The molecule has 1 aliphatic carbocycles. The van der Waals surface area contributed by atoms with Gasteiger partial charge in [-0.25, -0.2) is 0 Å². The van der Waals surface area contributed by atoms with Crippen molar-refractivity contribution >= 4 is 0 Å². The van der Waals surface area contributed by atoms with Crippen LogP contribution in [-0.2, 0) is 0 Å². The van der Waals surface area contributed by atoms with Gasteiger partial charge in [0.1, 0.15) is 0 Å². The van der Waals surface area contributed by atoms with Gasteiger partial charge in [0.2, 0.25) is 0 Å². The molecule has 0 saturated heterocycles. The van der Waals surface area contributed by atoms with Gasteiger partial charge in [-0.3, -0.25) is 0 Å². The van der Waals surface area contributed by atoms with E-state index < -0.39 is 0 Å². The van der Waals surface area contributed by atoms with E-state index in [4.69, 9.17) is 4.74 Å². The van der Waals surface area contributed by atoms with E-state index in [1.807, 2.05) is 12.1 Å². The van der Waals surface area contributed by atoms with Gasteiger partial charge in [-0.15, -0.1) is 0 Å². The average molecular weight is 265 g/mol. The summed E-state index contributed by atoms with van der Waals surface area (Å²) in [6.07, 6.45) is 3.74. The number of phenols is 1. The zero-order valence-electron chi connectivity index (χ0n) is 11.6. The quantitative estimate of drug-likeness (QED) is 0.782. The van der Waals surface area contributed by atoms with E-state index in [2.05, 4.69) is 12.2 Å². The number of hydrogen-bond acceptors (Lipinski definition) is 4. The van der Waals surface area contributed by atoms with Gasteiger partial charge in [0, 0.05) is 12.1 Å². The van der Waals surface area contributed by atoms with Gasteiger partial charge in [-0.05, 0) is 50.3 Å². The monoisotopic (exact) mass is 265 g/mol. The van der Waals surface area contributed by atoms with E-state index in [0.717, 1.165) is 31.2 Å². The van der Waals surface area contributed by atoms with Crippen LogP contribution in [0.3, 0.4) is 0 Å². The van der Waals surface area contributed by atoms with Gasteiger partial charge in [-0.1, -0.05) is 6.07 Å². The van der Waals surface area contributed by atoms with Gasteiger partial charge in [0.15, 0.2) is 11.5 Å². The maximum absolute atomic E-state index is 9.69. The Morgan fingerprint density at radius 1 is 1.37 bits per heavy atom. The number of methoxy groups -OCH3 is 1. The lowest BCUT2D eigenvalue weighted by Gasteiger charge is -2.29. The van der Waals surface area contributed by atoms with Crippen molar-refractivity contribution in [2.75, 3.05) is 7.11 Å². The average Bonchev–Trinajstić information content (AvgIpc) is 2.39. The molecule has 2 rings (SSSR count). The predicted octanol–water partition coefficient (Wildman–Crippen LogP) is 2.35. The number of phenolic OH excluding ortho intramolecular Hbond substituents is 1. The lowest BCUT2D eigenvalue weighted by atomic mass is 9.92. The van der Waals surface area contributed by atoms with Crippen LogP contribution in [0.1, 0.15) is 44.2 Å². The molecule has 3 atom stereocenters. The Morgan fingerprint density at radius 3 is 2.84 bits per heavy atom. The van der Waals surface area contributed by atoms with Crippen LogP contribution < -0.4 is 10.1 Å². The summed E-state index contributed by atoms with van der Waals surface area (Å²) in [5.41, 5.74) is 1.08. The zero-order valence-corrected chi connectivity index (χ0v) is 11.6. The van der Waals surface area contributed by atoms with E-state index in [0.29, 0.717) is 11.8 Å². The number of aliphatic hydroxyl groups is 1. The summed E-state index contributed by atoms with van der Waals surface area (Å²) in [5.74, 6) is 0.654. The third-order valence-corrected chi connectivity index (χ3v) is 3.84. The molecule has 0 radical (unpaired) electrons. The van der Waals surface area contributed by atoms with Crippen molar-refractivity contribution in [3.8, 4) is 11.5 Å². The maximum Gasteiger partial charge on any atom is 0.160 e. The Balaban J connectivity index is 2.01. The van der Waals surface area contributed by atoms with Crippen molar-refractivity contribution in [3.05, 3.63) is 23.8 Å². The van der Waals surface area contributed by atoms with Crippen LogP contribution in [0.5, 0.6) is 11.5 Å². The zero-order chi connectivity index (χ0) is 13.8. The van der Waals surface area contributed by atoms with Crippen LogP contribution in [0.25, 0.3) is 0 Å². The first-order valence-electron chi connectivity index (χ1n) is 6.91. The molecule has 3 unspecified atom stereocenters. The summed E-state index contributed by atoms with van der Waals surface area (Å²) in [6.45, 7) is 2.09. The second-order valence-electron chi connectivity index (χ2n) is 5.34. The first-order chi connectivity index (χ1) is 9.10. The molecule has 1 aliphatic rings. The smallest absolute Gasteiger partial charge is 0.160 e. The van der Waals surface area contributed by atoms with Crippen LogP contribution in [0.2, 0.25) is 0 Å². The number of ether oxygens (including phenoxy) is 1. The van der Waals surface area contributed by atoms with Crippen molar-refractivity contribution in [1.82, 2.24) is 5.32 Å². The van der Waals surface area contributed by atoms with E-state index in [1.165, 1.54) is 0 Å². The third-order valence-electron chi connectivity index (χ3n) is 3.84. The summed E-state index contributed by atoms with van der Waals surface area (Å²) in [4.78, 5) is 0.